The second-order valence-electron chi connectivity index (χ2n) is 6.68. The molecule has 0 aromatic heterocycles. The van der Waals surface area contributed by atoms with Gasteiger partial charge in [0.25, 0.3) is 0 Å². The minimum atomic E-state index is 0.0711. The summed E-state index contributed by atoms with van der Waals surface area (Å²) in [6.45, 7) is 4.01. The van der Waals surface area contributed by atoms with Crippen LogP contribution in [-0.4, -0.2) is 36.7 Å². The molecule has 1 aromatic carbocycles. The van der Waals surface area contributed by atoms with Crippen molar-refractivity contribution in [3.63, 3.8) is 0 Å². The summed E-state index contributed by atoms with van der Waals surface area (Å²) < 4.78 is 11.3. The van der Waals surface area contributed by atoms with Gasteiger partial charge in [0, 0.05) is 12.6 Å². The highest BCUT2D eigenvalue weighted by atomic mass is 16.6. The molecule has 1 aliphatic heterocycles. The van der Waals surface area contributed by atoms with E-state index < -0.39 is 0 Å². The van der Waals surface area contributed by atoms with Crippen molar-refractivity contribution >= 4 is 6.03 Å². The molecule has 1 atom stereocenters. The fourth-order valence-corrected chi connectivity index (χ4v) is 3.33. The van der Waals surface area contributed by atoms with Crippen molar-refractivity contribution in [2.75, 3.05) is 19.8 Å². The average molecular weight is 316 g/mol. The van der Waals surface area contributed by atoms with E-state index in [2.05, 4.69) is 11.4 Å². The summed E-state index contributed by atoms with van der Waals surface area (Å²) in [5.74, 6) is 2.14. The second kappa shape index (κ2) is 5.95. The molecule has 5 heteroatoms. The summed E-state index contributed by atoms with van der Waals surface area (Å²) in [6, 6.07) is 6.65. The maximum atomic E-state index is 12.6. The van der Waals surface area contributed by atoms with Crippen LogP contribution in [0.2, 0.25) is 0 Å². The molecule has 0 bridgehead atoms. The number of hydrogen-bond donors (Lipinski definition) is 1. The van der Waals surface area contributed by atoms with E-state index in [1.807, 2.05) is 24.0 Å². The highest BCUT2D eigenvalue weighted by molar-refractivity contribution is 5.75. The lowest BCUT2D eigenvalue weighted by molar-refractivity contribution is 0.171. The van der Waals surface area contributed by atoms with E-state index in [0.29, 0.717) is 25.2 Å². The van der Waals surface area contributed by atoms with E-state index in [1.54, 1.807) is 0 Å². The van der Waals surface area contributed by atoms with Crippen molar-refractivity contribution in [3.05, 3.63) is 23.8 Å². The predicted octanol–water partition coefficient (Wildman–Crippen LogP) is 3.10. The first kappa shape index (κ1) is 14.7. The van der Waals surface area contributed by atoms with Crippen LogP contribution in [0.3, 0.4) is 0 Å². The number of carbonyl (C=O) groups is 1. The molecule has 124 valence electrons. The van der Waals surface area contributed by atoms with Crippen molar-refractivity contribution in [1.29, 1.82) is 0 Å². The van der Waals surface area contributed by atoms with Gasteiger partial charge < -0.3 is 19.7 Å². The summed E-state index contributed by atoms with van der Waals surface area (Å²) in [7, 11) is 0. The summed E-state index contributed by atoms with van der Waals surface area (Å²) in [5.41, 5.74) is 1.12. The molecule has 0 saturated heterocycles. The van der Waals surface area contributed by atoms with Crippen molar-refractivity contribution in [3.8, 4) is 11.5 Å². The first-order valence-electron chi connectivity index (χ1n) is 8.73. The van der Waals surface area contributed by atoms with Crippen molar-refractivity contribution in [1.82, 2.24) is 10.2 Å². The Hall–Kier alpha value is -1.91. The Morgan fingerprint density at radius 2 is 1.96 bits per heavy atom. The summed E-state index contributed by atoms with van der Waals surface area (Å²) in [5, 5.41) is 3.27. The monoisotopic (exact) mass is 316 g/mol. The normalized spacial score (nSPS) is 20.7. The lowest BCUT2D eigenvalue weighted by Gasteiger charge is -2.27. The van der Waals surface area contributed by atoms with E-state index >= 15 is 0 Å². The van der Waals surface area contributed by atoms with Gasteiger partial charge in [0.15, 0.2) is 11.5 Å². The number of carbonyl (C=O) groups excluding carboxylic acids is 1. The van der Waals surface area contributed by atoms with E-state index in [0.717, 1.165) is 36.4 Å². The molecule has 3 aliphatic rings. The molecule has 23 heavy (non-hydrogen) atoms. The van der Waals surface area contributed by atoms with Crippen molar-refractivity contribution in [2.24, 2.45) is 5.92 Å². The van der Waals surface area contributed by atoms with Crippen LogP contribution in [0.15, 0.2) is 18.2 Å². The van der Waals surface area contributed by atoms with E-state index in [1.165, 1.54) is 12.8 Å². The van der Waals surface area contributed by atoms with Crippen LogP contribution in [0.1, 0.15) is 44.2 Å². The molecule has 5 nitrogen and oxygen atoms in total. The average Bonchev–Trinajstić information content (AvgIpc) is 3.46. The minimum absolute atomic E-state index is 0.0711. The fraction of sp³-hybridized carbons (Fsp3) is 0.611. The summed E-state index contributed by atoms with van der Waals surface area (Å²) in [6.07, 6.45) is 4.63. The highest BCUT2D eigenvalue weighted by Gasteiger charge is 2.37. The standard InChI is InChI=1S/C18H24N2O3/c1-2-20(14-6-7-14)18(21)19-17(12-3-4-12)13-5-8-15-16(11-13)23-10-9-22-15/h5,8,11-12,14,17H,2-4,6-7,9-10H2,1H3,(H,19,21)/t17-/m0/s1. The van der Waals surface area contributed by atoms with Gasteiger partial charge in [-0.05, 0) is 56.2 Å². The number of nitrogens with one attached hydrogen (secondary N) is 1. The van der Waals surface area contributed by atoms with Gasteiger partial charge in [0.05, 0.1) is 6.04 Å². The number of amides is 2. The van der Waals surface area contributed by atoms with E-state index in [4.69, 9.17) is 9.47 Å². The first-order chi connectivity index (χ1) is 11.3. The Bertz CT molecular complexity index is 596. The third-order valence-electron chi connectivity index (χ3n) is 4.89. The topological polar surface area (TPSA) is 50.8 Å². The molecule has 2 saturated carbocycles. The molecule has 0 unspecified atom stereocenters. The third-order valence-corrected chi connectivity index (χ3v) is 4.89. The van der Waals surface area contributed by atoms with Crippen LogP contribution in [-0.2, 0) is 0 Å². The molecular formula is C18H24N2O3. The Morgan fingerprint density at radius 1 is 1.22 bits per heavy atom. The molecule has 4 rings (SSSR count). The molecule has 0 spiro atoms. The molecule has 2 aliphatic carbocycles. The molecule has 1 heterocycles. The summed E-state index contributed by atoms with van der Waals surface area (Å²) >= 11 is 0. The van der Waals surface area contributed by atoms with Crippen molar-refractivity contribution < 1.29 is 14.3 Å². The van der Waals surface area contributed by atoms with Crippen LogP contribution in [0, 0.1) is 5.92 Å². The predicted molar refractivity (Wildman–Crippen MR) is 86.8 cm³/mol. The van der Waals surface area contributed by atoms with Gasteiger partial charge in [0.2, 0.25) is 0 Å². The number of ether oxygens (including phenoxy) is 2. The van der Waals surface area contributed by atoms with Gasteiger partial charge in [-0.25, -0.2) is 4.79 Å². The van der Waals surface area contributed by atoms with Gasteiger partial charge in [-0.3, -0.25) is 0 Å². The number of hydrogen-bond acceptors (Lipinski definition) is 3. The molecule has 2 fully saturated rings. The van der Waals surface area contributed by atoms with Crippen molar-refractivity contribution in [2.45, 2.75) is 44.7 Å². The molecule has 1 aromatic rings. The largest absolute Gasteiger partial charge is 0.486 e. The summed E-state index contributed by atoms with van der Waals surface area (Å²) in [4.78, 5) is 14.6. The second-order valence-corrected chi connectivity index (χ2v) is 6.68. The Labute approximate surface area is 136 Å². The zero-order valence-electron chi connectivity index (χ0n) is 13.6. The van der Waals surface area contributed by atoms with E-state index in [9.17, 15) is 4.79 Å². The smallest absolute Gasteiger partial charge is 0.318 e. The lowest BCUT2D eigenvalue weighted by Crippen LogP contribution is -2.43. The van der Waals surface area contributed by atoms with Crippen LogP contribution in [0.4, 0.5) is 4.79 Å². The van der Waals surface area contributed by atoms with Gasteiger partial charge in [-0.2, -0.15) is 0 Å². The van der Waals surface area contributed by atoms with Crippen LogP contribution >= 0.6 is 0 Å². The maximum Gasteiger partial charge on any atom is 0.318 e. The highest BCUT2D eigenvalue weighted by Crippen LogP contribution is 2.43. The van der Waals surface area contributed by atoms with E-state index in [-0.39, 0.29) is 12.1 Å². The van der Waals surface area contributed by atoms with Gasteiger partial charge in [-0.1, -0.05) is 6.07 Å². The Balaban J connectivity index is 1.52. The number of rotatable bonds is 5. The molecule has 2 amide bonds. The zero-order valence-corrected chi connectivity index (χ0v) is 13.6. The molecular weight excluding hydrogens is 292 g/mol. The minimum Gasteiger partial charge on any atom is -0.486 e. The van der Waals surface area contributed by atoms with Crippen LogP contribution in [0.5, 0.6) is 11.5 Å². The number of benzene rings is 1. The lowest BCUT2D eigenvalue weighted by atomic mass is 10.0. The third kappa shape index (κ3) is 3.09. The Morgan fingerprint density at radius 3 is 2.61 bits per heavy atom. The zero-order chi connectivity index (χ0) is 15.8. The fourth-order valence-electron chi connectivity index (χ4n) is 3.33. The van der Waals surface area contributed by atoms with Gasteiger partial charge >= 0.3 is 6.03 Å². The first-order valence-corrected chi connectivity index (χ1v) is 8.73. The van der Waals surface area contributed by atoms with Crippen LogP contribution < -0.4 is 14.8 Å². The quantitative estimate of drug-likeness (QED) is 0.908. The maximum absolute atomic E-state index is 12.6. The van der Waals surface area contributed by atoms with Crippen LogP contribution in [0.25, 0.3) is 0 Å². The number of nitrogens with zero attached hydrogens (tertiary/aromatic N) is 1. The SMILES string of the molecule is CCN(C(=O)N[C@H](c1ccc2c(c1)OCCO2)C1CC1)C1CC1. The Kier molecular flexibility index (Phi) is 3.79. The number of fused-ring (bicyclic) bond motifs is 1. The molecule has 1 N–H and O–H groups in total. The number of urea groups is 1. The van der Waals surface area contributed by atoms with Gasteiger partial charge in [0.1, 0.15) is 13.2 Å². The van der Waals surface area contributed by atoms with Gasteiger partial charge in [-0.15, -0.1) is 0 Å². The molecule has 0 radical (unpaired) electrons.